The first kappa shape index (κ1) is 34.9. The lowest BCUT2D eigenvalue weighted by Gasteiger charge is -2.33. The number of hydrogen-bond acceptors (Lipinski definition) is 6. The first-order chi connectivity index (χ1) is 21.5. The quantitative estimate of drug-likeness (QED) is 0.191. The molecule has 1 aliphatic rings. The SMILES string of the molecule is CCOc1ccc(N(CC(=O)N(Cc2ccc(Cl)cc2Cl)[C@H](C)C(=O)NC2CCCCC2)S(=O)(=O)c2ccc(SC)cc2)cc1. The number of sulfonamides is 1. The van der Waals surface area contributed by atoms with Gasteiger partial charge in [0, 0.05) is 27.5 Å². The van der Waals surface area contributed by atoms with Gasteiger partial charge in [0.05, 0.1) is 17.2 Å². The molecule has 0 heterocycles. The smallest absolute Gasteiger partial charge is 0.264 e. The molecule has 0 radical (unpaired) electrons. The van der Waals surface area contributed by atoms with Crippen molar-refractivity contribution in [3.63, 3.8) is 0 Å². The Morgan fingerprint density at radius 3 is 2.27 bits per heavy atom. The van der Waals surface area contributed by atoms with Crippen molar-refractivity contribution in [3.05, 3.63) is 82.3 Å². The van der Waals surface area contributed by atoms with E-state index in [1.54, 1.807) is 61.5 Å². The van der Waals surface area contributed by atoms with Crippen molar-refractivity contribution in [2.45, 2.75) is 74.4 Å². The van der Waals surface area contributed by atoms with Gasteiger partial charge in [-0.25, -0.2) is 8.42 Å². The Labute approximate surface area is 280 Å². The summed E-state index contributed by atoms with van der Waals surface area (Å²) in [5.41, 5.74) is 0.861. The molecule has 8 nitrogen and oxygen atoms in total. The molecule has 0 aliphatic heterocycles. The van der Waals surface area contributed by atoms with Crippen LogP contribution in [0.15, 0.2) is 76.5 Å². The molecule has 4 rings (SSSR count). The lowest BCUT2D eigenvalue weighted by Crippen LogP contribution is -2.53. The summed E-state index contributed by atoms with van der Waals surface area (Å²) in [4.78, 5) is 30.1. The van der Waals surface area contributed by atoms with Gasteiger partial charge in [-0.3, -0.25) is 13.9 Å². The van der Waals surface area contributed by atoms with Crippen molar-refractivity contribution >= 4 is 62.5 Å². The highest BCUT2D eigenvalue weighted by Gasteiger charge is 2.33. The molecule has 1 atom stereocenters. The van der Waals surface area contributed by atoms with Crippen molar-refractivity contribution in [3.8, 4) is 5.75 Å². The molecule has 12 heteroatoms. The Hall–Kier alpha value is -2.92. The fraction of sp³-hybridized carbons (Fsp3) is 0.394. The molecule has 3 aromatic rings. The number of halogens is 2. The summed E-state index contributed by atoms with van der Waals surface area (Å²) in [5.74, 6) is -0.296. The number of nitrogens with one attached hydrogen (secondary N) is 1. The predicted molar refractivity (Wildman–Crippen MR) is 182 cm³/mol. The summed E-state index contributed by atoms with van der Waals surface area (Å²) in [6, 6.07) is 17.1. The molecule has 0 aromatic heterocycles. The zero-order chi connectivity index (χ0) is 32.6. The van der Waals surface area contributed by atoms with Crippen molar-refractivity contribution in [1.82, 2.24) is 10.2 Å². The number of hydrogen-bond donors (Lipinski definition) is 1. The minimum atomic E-state index is -4.20. The number of benzene rings is 3. The van der Waals surface area contributed by atoms with E-state index in [-0.39, 0.29) is 29.1 Å². The molecular formula is C33H39Cl2N3O5S2. The van der Waals surface area contributed by atoms with E-state index in [0.717, 1.165) is 41.3 Å². The van der Waals surface area contributed by atoms with E-state index >= 15 is 0 Å². The standard InChI is InChI=1S/C33H39Cl2N3O5S2/c1-4-43-28-14-12-27(13-15-28)38(45(41,42)30-18-16-29(44-3)17-19-30)22-32(39)37(21-24-10-11-25(34)20-31(24)35)23(2)33(40)36-26-8-6-5-7-9-26/h10-20,23,26H,4-9,21-22H2,1-3H3,(H,36,40)/t23-/m1/s1. The third-order valence-corrected chi connectivity index (χ3v) is 11.0. The van der Waals surface area contributed by atoms with Crippen LogP contribution in [0.1, 0.15) is 51.5 Å². The van der Waals surface area contributed by atoms with Crippen LogP contribution in [-0.2, 0) is 26.2 Å². The molecule has 0 unspecified atom stereocenters. The summed E-state index contributed by atoms with van der Waals surface area (Å²) in [6.45, 7) is 3.39. The van der Waals surface area contributed by atoms with E-state index in [4.69, 9.17) is 27.9 Å². The Bertz CT molecular complexity index is 1560. The van der Waals surface area contributed by atoms with E-state index < -0.39 is 28.5 Å². The number of thioether (sulfide) groups is 1. The van der Waals surface area contributed by atoms with Gasteiger partial charge in [-0.1, -0.05) is 48.5 Å². The van der Waals surface area contributed by atoms with Crippen LogP contribution in [0.5, 0.6) is 5.75 Å². The van der Waals surface area contributed by atoms with E-state index in [0.29, 0.717) is 28.0 Å². The number of carbonyl (C=O) groups excluding carboxylic acids is 2. The Morgan fingerprint density at radius 2 is 1.67 bits per heavy atom. The molecule has 1 saturated carbocycles. The number of ether oxygens (including phenoxy) is 1. The van der Waals surface area contributed by atoms with Crippen LogP contribution < -0.4 is 14.4 Å². The highest BCUT2D eigenvalue weighted by molar-refractivity contribution is 7.98. The zero-order valence-electron chi connectivity index (χ0n) is 25.7. The van der Waals surface area contributed by atoms with Crippen molar-refractivity contribution in [1.29, 1.82) is 0 Å². The molecule has 0 saturated heterocycles. The maximum Gasteiger partial charge on any atom is 0.264 e. The van der Waals surface area contributed by atoms with Gasteiger partial charge in [-0.15, -0.1) is 11.8 Å². The molecule has 1 aliphatic carbocycles. The third-order valence-electron chi connectivity index (χ3n) is 7.84. The largest absolute Gasteiger partial charge is 0.494 e. The maximum absolute atomic E-state index is 14.2. The average molecular weight is 693 g/mol. The molecule has 0 bridgehead atoms. The van der Waals surface area contributed by atoms with Gasteiger partial charge in [0.25, 0.3) is 10.0 Å². The summed E-state index contributed by atoms with van der Waals surface area (Å²) >= 11 is 14.1. The fourth-order valence-corrected chi connectivity index (χ4v) is 7.55. The minimum Gasteiger partial charge on any atom is -0.494 e. The normalized spacial score (nSPS) is 14.4. The topological polar surface area (TPSA) is 96.0 Å². The molecule has 242 valence electrons. The van der Waals surface area contributed by atoms with Gasteiger partial charge in [-0.05, 0) is 99.2 Å². The van der Waals surface area contributed by atoms with E-state index in [9.17, 15) is 18.0 Å². The fourth-order valence-electron chi connectivity index (χ4n) is 5.26. The second kappa shape index (κ2) is 16.1. The molecular weight excluding hydrogens is 653 g/mol. The highest BCUT2D eigenvalue weighted by atomic mass is 35.5. The van der Waals surface area contributed by atoms with Crippen LogP contribution in [-0.4, -0.2) is 56.6 Å². The van der Waals surface area contributed by atoms with Gasteiger partial charge < -0.3 is 15.0 Å². The van der Waals surface area contributed by atoms with Crippen molar-refractivity contribution in [2.75, 3.05) is 23.7 Å². The molecule has 2 amide bonds. The maximum atomic E-state index is 14.2. The average Bonchev–Trinajstić information content (AvgIpc) is 3.04. The summed E-state index contributed by atoms with van der Waals surface area (Å²) in [7, 11) is -4.20. The van der Waals surface area contributed by atoms with Crippen LogP contribution in [0, 0.1) is 0 Å². The Balaban J connectivity index is 1.70. The molecule has 1 N–H and O–H groups in total. The van der Waals surface area contributed by atoms with Gasteiger partial charge >= 0.3 is 0 Å². The Kier molecular flexibility index (Phi) is 12.5. The van der Waals surface area contributed by atoms with Crippen LogP contribution in [0.25, 0.3) is 0 Å². The molecule has 3 aromatic carbocycles. The second-order valence-corrected chi connectivity index (χ2v) is 14.5. The van der Waals surface area contributed by atoms with E-state index in [2.05, 4.69) is 5.32 Å². The van der Waals surface area contributed by atoms with Crippen LogP contribution >= 0.6 is 35.0 Å². The summed E-state index contributed by atoms with van der Waals surface area (Å²) in [6.07, 6.45) is 6.88. The number of rotatable bonds is 13. The van der Waals surface area contributed by atoms with E-state index in [1.165, 1.54) is 28.8 Å². The molecule has 0 spiro atoms. The summed E-state index contributed by atoms with van der Waals surface area (Å²) in [5, 5.41) is 3.87. The van der Waals surface area contributed by atoms with Gasteiger partial charge in [0.1, 0.15) is 18.3 Å². The lowest BCUT2D eigenvalue weighted by molar-refractivity contribution is -0.139. The molecule has 1 fully saturated rings. The first-order valence-electron chi connectivity index (χ1n) is 15.0. The van der Waals surface area contributed by atoms with Gasteiger partial charge in [0.15, 0.2) is 0 Å². The second-order valence-electron chi connectivity index (χ2n) is 10.9. The monoisotopic (exact) mass is 691 g/mol. The highest BCUT2D eigenvalue weighted by Crippen LogP contribution is 2.29. The van der Waals surface area contributed by atoms with Crippen LogP contribution in [0.4, 0.5) is 5.69 Å². The lowest BCUT2D eigenvalue weighted by atomic mass is 9.95. The zero-order valence-corrected chi connectivity index (χ0v) is 28.8. The van der Waals surface area contributed by atoms with Crippen molar-refractivity contribution in [2.24, 2.45) is 0 Å². The van der Waals surface area contributed by atoms with Gasteiger partial charge in [-0.2, -0.15) is 0 Å². The number of amides is 2. The van der Waals surface area contributed by atoms with Crippen LogP contribution in [0.3, 0.4) is 0 Å². The van der Waals surface area contributed by atoms with E-state index in [1.807, 2.05) is 13.2 Å². The van der Waals surface area contributed by atoms with Crippen molar-refractivity contribution < 1.29 is 22.7 Å². The third kappa shape index (κ3) is 9.09. The number of anilines is 1. The number of carbonyl (C=O) groups is 2. The van der Waals surface area contributed by atoms with Crippen LogP contribution in [0.2, 0.25) is 10.0 Å². The summed E-state index contributed by atoms with van der Waals surface area (Å²) < 4.78 is 34.9. The van der Waals surface area contributed by atoms with Gasteiger partial charge in [0.2, 0.25) is 11.8 Å². The minimum absolute atomic E-state index is 0.0202. The molecule has 45 heavy (non-hydrogen) atoms. The Morgan fingerprint density at radius 1 is 1.00 bits per heavy atom. The predicted octanol–water partition coefficient (Wildman–Crippen LogP) is 7.18. The number of nitrogens with zero attached hydrogens (tertiary/aromatic N) is 2. The first-order valence-corrected chi connectivity index (χ1v) is 18.4.